The van der Waals surface area contributed by atoms with E-state index < -0.39 is 6.10 Å². The second-order valence-corrected chi connectivity index (χ2v) is 19.5. The fraction of sp³-hybridized carbons (Fsp3) is 0.657. The Morgan fingerprint density at radius 3 is 0.849 bits per heavy atom. The molecule has 73 heavy (non-hydrogen) atoms. The highest BCUT2D eigenvalue weighted by Crippen LogP contribution is 2.14. The van der Waals surface area contributed by atoms with Crippen molar-refractivity contribution in [2.24, 2.45) is 0 Å². The van der Waals surface area contributed by atoms with Crippen molar-refractivity contribution in [3.05, 3.63) is 122 Å². The zero-order valence-electron chi connectivity index (χ0n) is 47.4. The van der Waals surface area contributed by atoms with Gasteiger partial charge in [-0.05, 0) is 116 Å². The van der Waals surface area contributed by atoms with Gasteiger partial charge in [0.15, 0.2) is 6.10 Å². The second-order valence-electron chi connectivity index (χ2n) is 19.5. The van der Waals surface area contributed by atoms with Crippen LogP contribution in [-0.4, -0.2) is 37.2 Å². The Kier molecular flexibility index (Phi) is 56.9. The summed E-state index contributed by atoms with van der Waals surface area (Å²) in [6, 6.07) is 0. The van der Waals surface area contributed by atoms with E-state index >= 15 is 0 Å². The lowest BCUT2D eigenvalue weighted by atomic mass is 10.1. The molecule has 0 aromatic heterocycles. The molecule has 0 saturated heterocycles. The van der Waals surface area contributed by atoms with Crippen molar-refractivity contribution in [2.75, 3.05) is 13.2 Å². The third-order valence-corrected chi connectivity index (χ3v) is 12.5. The number of carbonyl (C=O) groups excluding carboxylic acids is 3. The molecule has 0 aromatic rings. The summed E-state index contributed by atoms with van der Waals surface area (Å²) in [5, 5.41) is 0. The highest BCUT2D eigenvalue weighted by Gasteiger charge is 2.19. The van der Waals surface area contributed by atoms with E-state index in [1.165, 1.54) is 89.9 Å². The van der Waals surface area contributed by atoms with E-state index in [-0.39, 0.29) is 31.1 Å². The van der Waals surface area contributed by atoms with Gasteiger partial charge in [0, 0.05) is 19.3 Å². The lowest BCUT2D eigenvalue weighted by molar-refractivity contribution is -0.167. The Morgan fingerprint density at radius 1 is 0.288 bits per heavy atom. The molecule has 1 unspecified atom stereocenters. The van der Waals surface area contributed by atoms with Crippen molar-refractivity contribution in [1.29, 1.82) is 0 Å². The first-order valence-electron chi connectivity index (χ1n) is 30.0. The summed E-state index contributed by atoms with van der Waals surface area (Å²) in [5.41, 5.74) is 0. The molecular weight excluding hydrogens is 901 g/mol. The smallest absolute Gasteiger partial charge is 0.306 e. The maximum absolute atomic E-state index is 12.9. The Bertz CT molecular complexity index is 1540. The van der Waals surface area contributed by atoms with Crippen molar-refractivity contribution < 1.29 is 28.6 Å². The topological polar surface area (TPSA) is 78.9 Å². The van der Waals surface area contributed by atoms with Gasteiger partial charge in [-0.15, -0.1) is 0 Å². The molecule has 0 heterocycles. The third kappa shape index (κ3) is 58.6. The molecule has 0 bridgehead atoms. The average Bonchev–Trinajstić information content (AvgIpc) is 3.39. The quantitative estimate of drug-likeness (QED) is 0.0261. The number of rotatable bonds is 53. The van der Waals surface area contributed by atoms with Crippen LogP contribution in [0.25, 0.3) is 0 Å². The summed E-state index contributed by atoms with van der Waals surface area (Å²) in [6.07, 6.45) is 83.4. The van der Waals surface area contributed by atoms with Crippen LogP contribution >= 0.6 is 0 Å². The maximum Gasteiger partial charge on any atom is 0.306 e. The van der Waals surface area contributed by atoms with Gasteiger partial charge in [0.1, 0.15) is 13.2 Å². The number of allylic oxidation sites excluding steroid dienone is 20. The standard InChI is InChI=1S/C67H110O6/c1-4-7-10-13-16-19-21-23-25-27-29-31-32-33-34-36-37-39-41-43-45-48-51-54-57-60-66(69)72-63-64(62-71-65(68)59-56-53-50-47-18-15-12-9-6-3)73-67(70)61-58-55-52-49-46-44-42-40-38-35-30-28-26-24-22-20-17-14-11-8-5-2/h7,10,16,19,22-25,28-31,33-34,37-40,43,45,64H,4-6,8-9,11-15,17-18,20-21,26-27,32,35-36,41-42,44,46-63H2,1-3H3/b10-7-,19-16-,24-22-,25-23-,30-28-,31-29-,34-33-,39-37-,40-38-,45-43-. The Morgan fingerprint density at radius 2 is 0.534 bits per heavy atom. The number of esters is 3. The van der Waals surface area contributed by atoms with E-state index in [0.29, 0.717) is 19.3 Å². The van der Waals surface area contributed by atoms with Gasteiger partial charge < -0.3 is 14.2 Å². The van der Waals surface area contributed by atoms with Crippen LogP contribution in [0.3, 0.4) is 0 Å². The van der Waals surface area contributed by atoms with Crippen molar-refractivity contribution >= 4 is 17.9 Å². The molecule has 0 saturated carbocycles. The molecule has 0 N–H and O–H groups in total. The number of hydrogen-bond acceptors (Lipinski definition) is 6. The number of hydrogen-bond donors (Lipinski definition) is 0. The Hall–Kier alpha value is -4.19. The highest BCUT2D eigenvalue weighted by molar-refractivity contribution is 5.71. The Balaban J connectivity index is 4.38. The summed E-state index contributed by atoms with van der Waals surface area (Å²) >= 11 is 0. The molecule has 0 aliphatic rings. The zero-order valence-corrected chi connectivity index (χ0v) is 47.4. The fourth-order valence-electron chi connectivity index (χ4n) is 7.96. The van der Waals surface area contributed by atoms with Crippen LogP contribution in [0.1, 0.15) is 265 Å². The van der Waals surface area contributed by atoms with Crippen LogP contribution < -0.4 is 0 Å². The first-order valence-corrected chi connectivity index (χ1v) is 30.0. The first-order chi connectivity index (χ1) is 36.0. The normalized spacial score (nSPS) is 13.0. The molecule has 0 spiro atoms. The minimum atomic E-state index is -0.801. The van der Waals surface area contributed by atoms with Crippen molar-refractivity contribution in [1.82, 2.24) is 0 Å². The van der Waals surface area contributed by atoms with Gasteiger partial charge in [-0.3, -0.25) is 14.4 Å². The molecular formula is C67H110O6. The first kappa shape index (κ1) is 68.8. The molecule has 6 heteroatoms. The van der Waals surface area contributed by atoms with E-state index in [1.54, 1.807) is 0 Å². The number of unbranched alkanes of at least 4 members (excludes halogenated alkanes) is 22. The van der Waals surface area contributed by atoms with E-state index in [0.717, 1.165) is 135 Å². The molecule has 0 aliphatic carbocycles. The number of carbonyl (C=O) groups is 3. The van der Waals surface area contributed by atoms with Gasteiger partial charge in [-0.2, -0.15) is 0 Å². The fourth-order valence-corrected chi connectivity index (χ4v) is 7.96. The molecule has 0 radical (unpaired) electrons. The number of ether oxygens (including phenoxy) is 3. The minimum absolute atomic E-state index is 0.0957. The summed E-state index contributed by atoms with van der Waals surface area (Å²) in [6.45, 7) is 6.45. The van der Waals surface area contributed by atoms with Crippen LogP contribution in [0.4, 0.5) is 0 Å². The van der Waals surface area contributed by atoms with Crippen LogP contribution in [0.15, 0.2) is 122 Å². The summed E-state index contributed by atoms with van der Waals surface area (Å²) in [4.78, 5) is 38.1. The summed E-state index contributed by atoms with van der Waals surface area (Å²) in [7, 11) is 0. The van der Waals surface area contributed by atoms with Gasteiger partial charge in [-0.25, -0.2) is 0 Å². The molecule has 0 aliphatic heterocycles. The predicted octanol–water partition coefficient (Wildman–Crippen LogP) is 20.4. The predicted molar refractivity (Wildman–Crippen MR) is 316 cm³/mol. The van der Waals surface area contributed by atoms with Gasteiger partial charge in [0.25, 0.3) is 0 Å². The molecule has 0 amide bonds. The molecule has 0 rings (SSSR count). The summed E-state index contributed by atoms with van der Waals surface area (Å²) in [5.74, 6) is -0.946. The molecule has 0 aromatic carbocycles. The summed E-state index contributed by atoms with van der Waals surface area (Å²) < 4.78 is 16.8. The Labute approximate surface area is 450 Å². The monoisotopic (exact) mass is 1010 g/mol. The lowest BCUT2D eigenvalue weighted by Crippen LogP contribution is -2.30. The van der Waals surface area contributed by atoms with Gasteiger partial charge in [0.05, 0.1) is 0 Å². The molecule has 1 atom stereocenters. The van der Waals surface area contributed by atoms with Crippen molar-refractivity contribution in [2.45, 2.75) is 271 Å². The van der Waals surface area contributed by atoms with E-state index in [1.807, 2.05) is 0 Å². The van der Waals surface area contributed by atoms with Crippen molar-refractivity contribution in [3.63, 3.8) is 0 Å². The minimum Gasteiger partial charge on any atom is -0.462 e. The van der Waals surface area contributed by atoms with E-state index in [2.05, 4.69) is 142 Å². The third-order valence-electron chi connectivity index (χ3n) is 12.5. The highest BCUT2D eigenvalue weighted by atomic mass is 16.6. The molecule has 6 nitrogen and oxygen atoms in total. The average molecular weight is 1010 g/mol. The van der Waals surface area contributed by atoms with Crippen LogP contribution in [0.2, 0.25) is 0 Å². The molecule has 0 fully saturated rings. The SMILES string of the molecule is CC/C=C\C/C=C\C/C=C\C/C=C\C/C=C\C/C=C\C/C=C\CCCCCC(=O)OCC(COC(=O)CCCCCCCCCCC)OC(=O)CCCCCCCC/C=C\C/C=C\C/C=C\CCCCCCC. The molecule has 414 valence electrons. The zero-order chi connectivity index (χ0) is 52.9. The van der Waals surface area contributed by atoms with Crippen LogP contribution in [-0.2, 0) is 28.6 Å². The van der Waals surface area contributed by atoms with Crippen molar-refractivity contribution in [3.8, 4) is 0 Å². The van der Waals surface area contributed by atoms with Crippen LogP contribution in [0.5, 0.6) is 0 Å². The second kappa shape index (κ2) is 60.4. The van der Waals surface area contributed by atoms with Gasteiger partial charge in [-0.1, -0.05) is 251 Å². The van der Waals surface area contributed by atoms with E-state index in [9.17, 15) is 14.4 Å². The largest absolute Gasteiger partial charge is 0.462 e. The van der Waals surface area contributed by atoms with Crippen LogP contribution in [0, 0.1) is 0 Å². The van der Waals surface area contributed by atoms with E-state index in [4.69, 9.17) is 14.2 Å². The van der Waals surface area contributed by atoms with Gasteiger partial charge in [0.2, 0.25) is 0 Å². The maximum atomic E-state index is 12.9. The van der Waals surface area contributed by atoms with Gasteiger partial charge >= 0.3 is 17.9 Å². The lowest BCUT2D eigenvalue weighted by Gasteiger charge is -2.18.